The smallest absolute Gasteiger partial charge is 0.347 e. The van der Waals surface area contributed by atoms with E-state index >= 15 is 0 Å². The van der Waals surface area contributed by atoms with E-state index < -0.39 is 18.0 Å². The van der Waals surface area contributed by atoms with Gasteiger partial charge in [0.15, 0.2) is 6.10 Å². The molecule has 0 amide bonds. The van der Waals surface area contributed by atoms with Gasteiger partial charge in [-0.25, -0.2) is 9.78 Å². The summed E-state index contributed by atoms with van der Waals surface area (Å²) >= 11 is 6.10. The van der Waals surface area contributed by atoms with Gasteiger partial charge in [0, 0.05) is 28.8 Å². The van der Waals surface area contributed by atoms with Crippen molar-refractivity contribution in [2.45, 2.75) is 39.4 Å². The summed E-state index contributed by atoms with van der Waals surface area (Å²) < 4.78 is 22.2. The van der Waals surface area contributed by atoms with E-state index in [0.29, 0.717) is 16.5 Å². The van der Waals surface area contributed by atoms with Crippen LogP contribution < -0.4 is 9.47 Å². The van der Waals surface area contributed by atoms with Gasteiger partial charge in [0.1, 0.15) is 18.1 Å². The van der Waals surface area contributed by atoms with Gasteiger partial charge in [0.25, 0.3) is 0 Å². The van der Waals surface area contributed by atoms with Crippen molar-refractivity contribution in [2.75, 3.05) is 13.2 Å². The van der Waals surface area contributed by atoms with Crippen LogP contribution >= 0.6 is 11.6 Å². The van der Waals surface area contributed by atoms with Gasteiger partial charge in [-0.2, -0.15) is 0 Å². The van der Waals surface area contributed by atoms with Crippen LogP contribution in [0.4, 0.5) is 0 Å². The zero-order valence-corrected chi connectivity index (χ0v) is 23.8. The summed E-state index contributed by atoms with van der Waals surface area (Å²) in [4.78, 5) is 29.0. The van der Waals surface area contributed by atoms with Crippen LogP contribution in [0.25, 0.3) is 23.1 Å². The number of benzene rings is 3. The SMILES string of the molecule is CCOC(=O)CCC(Oc1ccccc1COc1ccc(C=Cc2ccc3ccc(Cl)cc3n2)cc1)C(=O)OCC. The molecule has 0 aliphatic heterocycles. The van der Waals surface area contributed by atoms with Gasteiger partial charge in [0.2, 0.25) is 0 Å². The van der Waals surface area contributed by atoms with Crippen molar-refractivity contribution in [3.8, 4) is 11.5 Å². The fraction of sp³-hybridized carbons (Fsp3) is 0.242. The van der Waals surface area contributed by atoms with Crippen molar-refractivity contribution in [1.82, 2.24) is 4.98 Å². The molecule has 4 aromatic rings. The minimum atomic E-state index is -0.944. The lowest BCUT2D eigenvalue weighted by molar-refractivity contribution is -0.152. The van der Waals surface area contributed by atoms with Crippen LogP contribution in [0.5, 0.6) is 11.5 Å². The Morgan fingerprint density at radius 1 is 0.902 bits per heavy atom. The molecule has 1 heterocycles. The molecule has 1 atom stereocenters. The number of aromatic nitrogens is 1. The average Bonchev–Trinajstić information content (AvgIpc) is 2.98. The number of halogens is 1. The number of fused-ring (bicyclic) bond motifs is 1. The maximum atomic E-state index is 12.5. The van der Waals surface area contributed by atoms with Crippen LogP contribution in [0.3, 0.4) is 0 Å². The Kier molecular flexibility index (Phi) is 10.7. The van der Waals surface area contributed by atoms with E-state index in [0.717, 1.165) is 27.7 Å². The van der Waals surface area contributed by atoms with Crippen LogP contribution in [-0.4, -0.2) is 36.2 Å². The highest BCUT2D eigenvalue weighted by atomic mass is 35.5. The minimum Gasteiger partial charge on any atom is -0.489 e. The number of carbonyl (C=O) groups is 2. The van der Waals surface area contributed by atoms with Crippen LogP contribution in [-0.2, 0) is 25.7 Å². The van der Waals surface area contributed by atoms with Crippen LogP contribution in [0.1, 0.15) is 43.5 Å². The molecule has 7 nitrogen and oxygen atoms in total. The van der Waals surface area contributed by atoms with Gasteiger partial charge in [-0.1, -0.05) is 60.1 Å². The molecule has 8 heteroatoms. The highest BCUT2D eigenvalue weighted by Crippen LogP contribution is 2.24. The van der Waals surface area contributed by atoms with Crippen molar-refractivity contribution < 1.29 is 28.5 Å². The Bertz CT molecular complexity index is 1500. The summed E-state index contributed by atoms with van der Waals surface area (Å²) in [6, 6.07) is 24.6. The molecule has 0 aliphatic rings. The highest BCUT2D eigenvalue weighted by molar-refractivity contribution is 6.31. The molecule has 0 fully saturated rings. The second-order valence-corrected chi connectivity index (χ2v) is 9.51. The van der Waals surface area contributed by atoms with Gasteiger partial charge in [-0.15, -0.1) is 0 Å². The predicted octanol–water partition coefficient (Wildman–Crippen LogP) is 7.29. The molecule has 0 N–H and O–H groups in total. The average molecular weight is 574 g/mol. The molecular weight excluding hydrogens is 542 g/mol. The number of carbonyl (C=O) groups excluding carboxylic acids is 2. The van der Waals surface area contributed by atoms with E-state index in [1.165, 1.54) is 0 Å². The Morgan fingerprint density at radius 3 is 2.44 bits per heavy atom. The van der Waals surface area contributed by atoms with Crippen LogP contribution in [0.2, 0.25) is 5.02 Å². The minimum absolute atomic E-state index is 0.0437. The van der Waals surface area contributed by atoms with E-state index in [9.17, 15) is 9.59 Å². The van der Waals surface area contributed by atoms with Gasteiger partial charge in [0.05, 0.1) is 24.4 Å². The Balaban J connectivity index is 1.38. The highest BCUT2D eigenvalue weighted by Gasteiger charge is 2.24. The van der Waals surface area contributed by atoms with E-state index in [2.05, 4.69) is 4.98 Å². The summed E-state index contributed by atoms with van der Waals surface area (Å²) in [5.41, 5.74) is 3.43. The van der Waals surface area contributed by atoms with E-state index in [1.54, 1.807) is 19.9 Å². The lowest BCUT2D eigenvalue weighted by Crippen LogP contribution is -2.30. The van der Waals surface area contributed by atoms with Gasteiger partial charge in [-0.3, -0.25) is 4.79 Å². The maximum Gasteiger partial charge on any atom is 0.347 e. The van der Waals surface area contributed by atoms with Crippen molar-refractivity contribution >= 4 is 46.6 Å². The molecule has 4 rings (SSSR count). The molecule has 1 aromatic heterocycles. The fourth-order valence-electron chi connectivity index (χ4n) is 4.05. The number of nitrogens with zero attached hydrogens (tertiary/aromatic N) is 1. The van der Waals surface area contributed by atoms with Gasteiger partial charge in [-0.05, 0) is 61.9 Å². The van der Waals surface area contributed by atoms with E-state index in [4.69, 9.17) is 30.5 Å². The van der Waals surface area contributed by atoms with Crippen LogP contribution in [0, 0.1) is 0 Å². The summed E-state index contributed by atoms with van der Waals surface area (Å²) in [6.07, 6.45) is 3.18. The molecule has 41 heavy (non-hydrogen) atoms. The molecule has 0 aliphatic carbocycles. The topological polar surface area (TPSA) is 84.0 Å². The first kappa shape index (κ1) is 29.6. The molecular formula is C33H32ClNO6. The second-order valence-electron chi connectivity index (χ2n) is 9.07. The van der Waals surface area contributed by atoms with Gasteiger partial charge >= 0.3 is 11.9 Å². The maximum absolute atomic E-state index is 12.5. The normalized spacial score (nSPS) is 11.8. The quantitative estimate of drug-likeness (QED) is 0.155. The largest absolute Gasteiger partial charge is 0.489 e. The summed E-state index contributed by atoms with van der Waals surface area (Å²) in [6.45, 7) is 4.17. The van der Waals surface area contributed by atoms with Crippen molar-refractivity contribution in [3.63, 3.8) is 0 Å². The number of hydrogen-bond acceptors (Lipinski definition) is 7. The third kappa shape index (κ3) is 8.82. The van der Waals surface area contributed by atoms with Crippen molar-refractivity contribution in [2.24, 2.45) is 0 Å². The number of hydrogen-bond donors (Lipinski definition) is 0. The number of para-hydroxylation sites is 1. The molecule has 212 valence electrons. The third-order valence-corrected chi connectivity index (χ3v) is 6.34. The summed E-state index contributed by atoms with van der Waals surface area (Å²) in [7, 11) is 0. The fourth-order valence-corrected chi connectivity index (χ4v) is 4.22. The molecule has 0 radical (unpaired) electrons. The van der Waals surface area contributed by atoms with E-state index in [-0.39, 0.29) is 32.7 Å². The molecule has 0 saturated carbocycles. The summed E-state index contributed by atoms with van der Waals surface area (Å²) in [5, 5.41) is 1.69. The molecule has 0 spiro atoms. The summed E-state index contributed by atoms with van der Waals surface area (Å²) in [5.74, 6) is 0.246. The predicted molar refractivity (Wildman–Crippen MR) is 160 cm³/mol. The zero-order valence-electron chi connectivity index (χ0n) is 23.0. The number of rotatable bonds is 13. The molecule has 3 aromatic carbocycles. The number of pyridine rings is 1. The number of ether oxygens (including phenoxy) is 4. The number of esters is 2. The second kappa shape index (κ2) is 14.9. The molecule has 1 unspecified atom stereocenters. The van der Waals surface area contributed by atoms with Crippen LogP contribution in [0.15, 0.2) is 78.9 Å². The van der Waals surface area contributed by atoms with Crippen molar-refractivity contribution in [1.29, 1.82) is 0 Å². The van der Waals surface area contributed by atoms with E-state index in [1.807, 2.05) is 84.9 Å². The lowest BCUT2D eigenvalue weighted by atomic mass is 10.1. The monoisotopic (exact) mass is 573 g/mol. The Morgan fingerprint density at radius 2 is 1.66 bits per heavy atom. The standard InChI is InChI=1S/C33H32ClNO6/c1-3-38-32(36)20-19-31(33(37)39-4-2)41-30-8-6-5-7-25(30)22-40-28-17-10-23(11-18-28)9-15-27-16-13-24-12-14-26(34)21-29(24)35-27/h5-18,21,31H,3-4,19-20,22H2,1-2H3. The zero-order chi connectivity index (χ0) is 29.0. The van der Waals surface area contributed by atoms with Gasteiger partial charge < -0.3 is 18.9 Å². The lowest BCUT2D eigenvalue weighted by Gasteiger charge is -2.19. The van der Waals surface area contributed by atoms with Crippen molar-refractivity contribution in [3.05, 3.63) is 101 Å². The molecule has 0 bridgehead atoms. The third-order valence-electron chi connectivity index (χ3n) is 6.10. The Labute approximate surface area is 244 Å². The molecule has 0 saturated heterocycles. The first-order valence-corrected chi connectivity index (χ1v) is 13.9. The first-order valence-electron chi connectivity index (χ1n) is 13.5. The first-order chi connectivity index (χ1) is 19.9. The Hall–Kier alpha value is -4.36.